The molecule has 1 amide bonds. The molecule has 2 aromatic carbocycles. The molecule has 1 aliphatic rings. The highest BCUT2D eigenvalue weighted by Gasteiger charge is 2.34. The molecule has 3 rings (SSSR count). The van der Waals surface area contributed by atoms with Crippen LogP contribution in [0.3, 0.4) is 0 Å². The summed E-state index contributed by atoms with van der Waals surface area (Å²) in [5.41, 5.74) is 4.64. The van der Waals surface area contributed by atoms with Crippen molar-refractivity contribution < 1.29 is 9.53 Å². The summed E-state index contributed by atoms with van der Waals surface area (Å²) in [6, 6.07) is 14.8. The van der Waals surface area contributed by atoms with Gasteiger partial charge >= 0.3 is 0 Å². The fourth-order valence-electron chi connectivity index (χ4n) is 3.80. The first-order valence-electron chi connectivity index (χ1n) is 10.2. The van der Waals surface area contributed by atoms with Crippen LogP contribution in [0.5, 0.6) is 5.75 Å². The minimum absolute atomic E-state index is 0.00517. The standard InChI is InChI=1S/C25H33NO2/c1-17-7-13-22-20(15-17)21(16-25(5,6)28-22)26-23(27)14-10-18-8-11-19(12-9-18)24(2,3)4/h7-9,11-13,15,21H,10,14,16H2,1-6H3,(H,26,27). The van der Waals surface area contributed by atoms with Gasteiger partial charge in [-0.3, -0.25) is 4.79 Å². The molecule has 1 atom stereocenters. The van der Waals surface area contributed by atoms with E-state index in [9.17, 15) is 4.79 Å². The second-order valence-corrected chi connectivity index (χ2v) is 9.67. The summed E-state index contributed by atoms with van der Waals surface area (Å²) in [5, 5.41) is 3.24. The van der Waals surface area contributed by atoms with Crippen LogP contribution in [0.15, 0.2) is 42.5 Å². The molecule has 28 heavy (non-hydrogen) atoms. The zero-order valence-corrected chi connectivity index (χ0v) is 18.1. The van der Waals surface area contributed by atoms with Gasteiger partial charge in [-0.1, -0.05) is 62.7 Å². The van der Waals surface area contributed by atoms with E-state index in [1.165, 1.54) is 16.7 Å². The summed E-state index contributed by atoms with van der Waals surface area (Å²) in [4.78, 5) is 12.7. The number of hydrogen-bond donors (Lipinski definition) is 1. The van der Waals surface area contributed by atoms with Crippen LogP contribution in [0.1, 0.15) is 75.8 Å². The Balaban J connectivity index is 1.64. The van der Waals surface area contributed by atoms with Crippen LogP contribution in [0.4, 0.5) is 0 Å². The van der Waals surface area contributed by atoms with Gasteiger partial charge in [-0.05, 0) is 49.8 Å². The summed E-state index contributed by atoms with van der Waals surface area (Å²) < 4.78 is 6.10. The minimum Gasteiger partial charge on any atom is -0.487 e. The smallest absolute Gasteiger partial charge is 0.220 e. The van der Waals surface area contributed by atoms with Gasteiger partial charge in [0.15, 0.2) is 0 Å². The van der Waals surface area contributed by atoms with Crippen LogP contribution in [-0.4, -0.2) is 11.5 Å². The van der Waals surface area contributed by atoms with Crippen LogP contribution in [0, 0.1) is 6.92 Å². The third-order valence-corrected chi connectivity index (χ3v) is 5.42. The van der Waals surface area contributed by atoms with E-state index in [1.807, 2.05) is 6.07 Å². The maximum atomic E-state index is 12.7. The Bertz CT molecular complexity index is 844. The zero-order chi connectivity index (χ0) is 20.5. The lowest BCUT2D eigenvalue weighted by Gasteiger charge is -2.38. The number of fused-ring (bicyclic) bond motifs is 1. The van der Waals surface area contributed by atoms with Crippen molar-refractivity contribution in [3.63, 3.8) is 0 Å². The Morgan fingerprint density at radius 1 is 1.14 bits per heavy atom. The molecule has 0 radical (unpaired) electrons. The largest absolute Gasteiger partial charge is 0.487 e. The summed E-state index contributed by atoms with van der Waals surface area (Å²) in [6.45, 7) is 12.9. The van der Waals surface area contributed by atoms with Gasteiger partial charge in [0.05, 0.1) is 6.04 Å². The lowest BCUT2D eigenvalue weighted by atomic mass is 9.86. The van der Waals surface area contributed by atoms with Crippen LogP contribution < -0.4 is 10.1 Å². The van der Waals surface area contributed by atoms with Crippen LogP contribution in [0.25, 0.3) is 0 Å². The first-order chi connectivity index (χ1) is 13.0. The van der Waals surface area contributed by atoms with Gasteiger partial charge in [-0.25, -0.2) is 0 Å². The SMILES string of the molecule is Cc1ccc2c(c1)C(NC(=O)CCc1ccc(C(C)(C)C)cc1)CC(C)(C)O2. The second kappa shape index (κ2) is 7.62. The molecular weight excluding hydrogens is 346 g/mol. The first-order valence-corrected chi connectivity index (χ1v) is 10.2. The normalized spacial score (nSPS) is 18.1. The number of rotatable bonds is 4. The quantitative estimate of drug-likeness (QED) is 0.746. The number of hydrogen-bond acceptors (Lipinski definition) is 2. The van der Waals surface area contributed by atoms with Crippen molar-refractivity contribution in [2.45, 2.75) is 77.9 Å². The highest BCUT2D eigenvalue weighted by Crippen LogP contribution is 2.39. The van der Waals surface area contributed by atoms with Crippen molar-refractivity contribution in [2.75, 3.05) is 0 Å². The van der Waals surface area contributed by atoms with Crippen LogP contribution in [-0.2, 0) is 16.6 Å². The maximum absolute atomic E-state index is 12.7. The first kappa shape index (κ1) is 20.4. The molecule has 2 aromatic rings. The summed E-state index contributed by atoms with van der Waals surface area (Å²) in [7, 11) is 0. The van der Waals surface area contributed by atoms with E-state index in [1.54, 1.807) is 0 Å². The number of aryl methyl sites for hydroxylation is 2. The van der Waals surface area contributed by atoms with Crippen molar-refractivity contribution >= 4 is 5.91 Å². The monoisotopic (exact) mass is 379 g/mol. The average Bonchev–Trinajstić information content (AvgIpc) is 2.59. The Labute approximate surface area is 169 Å². The lowest BCUT2D eigenvalue weighted by Crippen LogP contribution is -2.41. The molecular formula is C25H33NO2. The third kappa shape index (κ3) is 4.95. The van der Waals surface area contributed by atoms with Gasteiger partial charge < -0.3 is 10.1 Å². The number of carbonyl (C=O) groups excluding carboxylic acids is 1. The van der Waals surface area contributed by atoms with Crippen molar-refractivity contribution in [2.24, 2.45) is 0 Å². The molecule has 0 spiro atoms. The predicted molar refractivity (Wildman–Crippen MR) is 115 cm³/mol. The minimum atomic E-state index is -0.289. The molecule has 3 nitrogen and oxygen atoms in total. The fraction of sp³-hybridized carbons (Fsp3) is 0.480. The van der Waals surface area contributed by atoms with E-state index in [4.69, 9.17) is 4.74 Å². The zero-order valence-electron chi connectivity index (χ0n) is 18.1. The number of nitrogens with one attached hydrogen (secondary N) is 1. The molecule has 0 aromatic heterocycles. The van der Waals surface area contributed by atoms with Crippen molar-refractivity contribution in [3.8, 4) is 5.75 Å². The third-order valence-electron chi connectivity index (χ3n) is 5.42. The number of benzene rings is 2. The molecule has 1 unspecified atom stereocenters. The van der Waals surface area contributed by atoms with Gasteiger partial charge in [0, 0.05) is 18.4 Å². The van der Waals surface area contributed by atoms with Crippen molar-refractivity contribution in [1.82, 2.24) is 5.32 Å². The Morgan fingerprint density at radius 3 is 2.46 bits per heavy atom. The molecule has 0 saturated carbocycles. The molecule has 0 bridgehead atoms. The van der Waals surface area contributed by atoms with Crippen molar-refractivity contribution in [1.29, 1.82) is 0 Å². The van der Waals surface area contributed by atoms with Gasteiger partial charge in [0.1, 0.15) is 11.4 Å². The second-order valence-electron chi connectivity index (χ2n) is 9.67. The predicted octanol–water partition coefficient (Wildman–Crippen LogP) is 5.64. The molecule has 1 heterocycles. The number of ether oxygens (including phenoxy) is 1. The lowest BCUT2D eigenvalue weighted by molar-refractivity contribution is -0.122. The van der Waals surface area contributed by atoms with E-state index in [0.717, 1.165) is 24.2 Å². The molecule has 0 saturated heterocycles. The Hall–Kier alpha value is -2.29. The van der Waals surface area contributed by atoms with E-state index in [0.29, 0.717) is 6.42 Å². The average molecular weight is 380 g/mol. The number of carbonyl (C=O) groups is 1. The summed E-state index contributed by atoms with van der Waals surface area (Å²) in [6.07, 6.45) is 2.02. The molecule has 1 aliphatic heterocycles. The Morgan fingerprint density at radius 2 is 1.82 bits per heavy atom. The maximum Gasteiger partial charge on any atom is 0.220 e. The van der Waals surface area contributed by atoms with Gasteiger partial charge in [-0.2, -0.15) is 0 Å². The summed E-state index contributed by atoms with van der Waals surface area (Å²) >= 11 is 0. The number of amides is 1. The van der Waals surface area contributed by atoms with Crippen LogP contribution >= 0.6 is 0 Å². The Kier molecular flexibility index (Phi) is 5.56. The van der Waals surface area contributed by atoms with Gasteiger partial charge in [-0.15, -0.1) is 0 Å². The molecule has 1 N–H and O–H groups in total. The highest BCUT2D eigenvalue weighted by molar-refractivity contribution is 5.77. The van der Waals surface area contributed by atoms with E-state index >= 15 is 0 Å². The molecule has 0 fully saturated rings. The molecule has 3 heteroatoms. The molecule has 150 valence electrons. The van der Waals surface area contributed by atoms with Crippen LogP contribution in [0.2, 0.25) is 0 Å². The fourth-order valence-corrected chi connectivity index (χ4v) is 3.80. The van der Waals surface area contributed by atoms with E-state index in [2.05, 4.69) is 83.3 Å². The van der Waals surface area contributed by atoms with Gasteiger partial charge in [0.2, 0.25) is 5.91 Å². The topological polar surface area (TPSA) is 38.3 Å². The summed E-state index contributed by atoms with van der Waals surface area (Å²) in [5.74, 6) is 0.972. The van der Waals surface area contributed by atoms with Gasteiger partial charge in [0.25, 0.3) is 0 Å². The van der Waals surface area contributed by atoms with E-state index < -0.39 is 0 Å². The highest BCUT2D eigenvalue weighted by atomic mass is 16.5. The van der Waals surface area contributed by atoms with Crippen molar-refractivity contribution in [3.05, 3.63) is 64.7 Å². The molecule has 0 aliphatic carbocycles. The van der Waals surface area contributed by atoms with E-state index in [-0.39, 0.29) is 23.0 Å².